The minimum Gasteiger partial charge on any atom is -0.404 e. The minimum atomic E-state index is -5.03. The summed E-state index contributed by atoms with van der Waals surface area (Å²) >= 11 is 1.30. The number of nitrogens with one attached hydrogen (secondary N) is 1. The number of fused-ring (bicyclic) bond motifs is 1. The van der Waals surface area contributed by atoms with Gasteiger partial charge >= 0.3 is 6.36 Å². The molecule has 0 saturated carbocycles. The number of ether oxygens (including phenoxy) is 1. The number of rotatable bonds is 6. The molecular weight excluding hydrogens is 415 g/mol. The van der Waals surface area contributed by atoms with Crippen molar-refractivity contribution in [1.82, 2.24) is 4.72 Å². The summed E-state index contributed by atoms with van der Waals surface area (Å²) in [6.07, 6.45) is -5.03. The van der Waals surface area contributed by atoms with Crippen molar-refractivity contribution in [2.24, 2.45) is 0 Å². The van der Waals surface area contributed by atoms with E-state index < -0.39 is 39.2 Å². The Kier molecular flexibility index (Phi) is 5.41. The van der Waals surface area contributed by atoms with Crippen LogP contribution in [-0.2, 0) is 15.6 Å². The molecule has 3 rings (SSSR count). The summed E-state index contributed by atoms with van der Waals surface area (Å²) in [4.78, 5) is -0.143. The summed E-state index contributed by atoms with van der Waals surface area (Å²) in [6.45, 7) is 1.00. The highest BCUT2D eigenvalue weighted by molar-refractivity contribution is 7.89. The molecule has 0 saturated heterocycles. The maximum atomic E-state index is 12.5. The summed E-state index contributed by atoms with van der Waals surface area (Å²) in [5.74, 6) is -0.844. The molecule has 0 aliphatic rings. The Balaban J connectivity index is 1.83. The third-order valence-electron chi connectivity index (χ3n) is 3.93. The van der Waals surface area contributed by atoms with Crippen LogP contribution in [0.15, 0.2) is 59.5 Å². The first-order valence-electron chi connectivity index (χ1n) is 8.04. The highest BCUT2D eigenvalue weighted by Crippen LogP contribution is 2.34. The quantitative estimate of drug-likeness (QED) is 0.619. The van der Waals surface area contributed by atoms with E-state index in [0.29, 0.717) is 4.88 Å². The number of alkyl halides is 3. The first-order valence-corrected chi connectivity index (χ1v) is 10.3. The van der Waals surface area contributed by atoms with Gasteiger partial charge in [-0.25, -0.2) is 13.1 Å². The van der Waals surface area contributed by atoms with Crippen molar-refractivity contribution in [2.45, 2.75) is 23.8 Å². The van der Waals surface area contributed by atoms with E-state index in [-0.39, 0.29) is 0 Å². The standard InChI is InChI=1S/C18H16F3NO4S2/c1-17(23,16-10-12-6-2-4-8-14(12)27-16)11-22-28(24,25)15-9-5-3-7-13(15)26-18(19,20)21/h2-10,22-23H,11H2,1H3/t17-/m1/s1. The summed E-state index contributed by atoms with van der Waals surface area (Å²) < 4.78 is 69.5. The zero-order valence-corrected chi connectivity index (χ0v) is 16.2. The second-order valence-electron chi connectivity index (χ2n) is 6.24. The Morgan fingerprint density at radius 3 is 2.43 bits per heavy atom. The number of hydrogen-bond donors (Lipinski definition) is 2. The van der Waals surface area contributed by atoms with Crippen LogP contribution in [-0.4, -0.2) is 26.4 Å². The molecule has 0 aliphatic heterocycles. The number of aliphatic hydroxyl groups is 1. The maximum Gasteiger partial charge on any atom is 0.573 e. The van der Waals surface area contributed by atoms with E-state index >= 15 is 0 Å². The number of thiophene rings is 1. The van der Waals surface area contributed by atoms with Gasteiger partial charge in [-0.2, -0.15) is 0 Å². The molecule has 0 aliphatic carbocycles. The number of sulfonamides is 1. The molecule has 5 nitrogen and oxygen atoms in total. The van der Waals surface area contributed by atoms with Crippen molar-refractivity contribution in [3.63, 3.8) is 0 Å². The molecule has 0 fully saturated rings. The average molecular weight is 431 g/mol. The van der Waals surface area contributed by atoms with Gasteiger partial charge in [0.25, 0.3) is 0 Å². The molecular formula is C18H16F3NO4S2. The van der Waals surface area contributed by atoms with Crippen molar-refractivity contribution in [2.75, 3.05) is 6.54 Å². The Morgan fingerprint density at radius 1 is 1.11 bits per heavy atom. The molecule has 0 spiro atoms. The summed E-state index contributed by atoms with van der Waals surface area (Å²) in [6, 6.07) is 13.6. The zero-order valence-electron chi connectivity index (χ0n) is 14.5. The molecule has 28 heavy (non-hydrogen) atoms. The van der Waals surface area contributed by atoms with Crippen LogP contribution in [0.3, 0.4) is 0 Å². The lowest BCUT2D eigenvalue weighted by Gasteiger charge is -2.22. The van der Waals surface area contributed by atoms with Gasteiger partial charge in [-0.1, -0.05) is 30.3 Å². The van der Waals surface area contributed by atoms with Crippen molar-refractivity contribution in [1.29, 1.82) is 0 Å². The highest BCUT2D eigenvalue weighted by atomic mass is 32.2. The Labute approximate surface area is 163 Å². The summed E-state index contributed by atoms with van der Waals surface area (Å²) in [7, 11) is -4.36. The maximum absolute atomic E-state index is 12.5. The van der Waals surface area contributed by atoms with Gasteiger partial charge < -0.3 is 9.84 Å². The van der Waals surface area contributed by atoms with Gasteiger partial charge in [0, 0.05) is 16.1 Å². The van der Waals surface area contributed by atoms with Gasteiger partial charge in [-0.15, -0.1) is 24.5 Å². The van der Waals surface area contributed by atoms with Gasteiger partial charge in [0.05, 0.1) is 0 Å². The SMILES string of the molecule is C[C@@](O)(CNS(=O)(=O)c1ccccc1OC(F)(F)F)c1cc2ccccc2s1. The fourth-order valence-electron chi connectivity index (χ4n) is 2.53. The lowest BCUT2D eigenvalue weighted by molar-refractivity contribution is -0.275. The molecule has 0 amide bonds. The first-order chi connectivity index (χ1) is 13.0. The third kappa shape index (κ3) is 4.64. The predicted octanol–water partition coefficient (Wildman–Crippen LogP) is 3.99. The third-order valence-corrected chi connectivity index (χ3v) is 6.74. The first kappa shape index (κ1) is 20.6. The van der Waals surface area contributed by atoms with Crippen molar-refractivity contribution >= 4 is 31.4 Å². The molecule has 2 N–H and O–H groups in total. The fraction of sp³-hybridized carbons (Fsp3) is 0.222. The average Bonchev–Trinajstić information content (AvgIpc) is 3.04. The molecule has 0 radical (unpaired) electrons. The Bertz CT molecular complexity index is 1060. The summed E-state index contributed by atoms with van der Waals surface area (Å²) in [5.41, 5.74) is -1.56. The van der Waals surface area contributed by atoms with E-state index in [4.69, 9.17) is 0 Å². The van der Waals surface area contributed by atoms with Gasteiger partial charge in [-0.05, 0) is 36.6 Å². The monoisotopic (exact) mass is 431 g/mol. The van der Waals surface area contributed by atoms with Crippen LogP contribution < -0.4 is 9.46 Å². The van der Waals surface area contributed by atoms with Crippen LogP contribution in [0.2, 0.25) is 0 Å². The molecule has 0 bridgehead atoms. The number of benzene rings is 2. The van der Waals surface area contributed by atoms with Gasteiger partial charge in [0.15, 0.2) is 0 Å². The number of para-hydroxylation sites is 1. The van der Waals surface area contributed by atoms with Crippen LogP contribution in [0.5, 0.6) is 5.75 Å². The second-order valence-corrected chi connectivity index (χ2v) is 9.06. The Morgan fingerprint density at radius 2 is 1.75 bits per heavy atom. The van der Waals surface area contributed by atoms with E-state index in [1.807, 2.05) is 24.3 Å². The molecule has 1 heterocycles. The number of hydrogen-bond acceptors (Lipinski definition) is 5. The van der Waals surface area contributed by atoms with E-state index in [1.165, 1.54) is 30.4 Å². The normalized spacial score (nSPS) is 14.8. The molecule has 2 aromatic carbocycles. The highest BCUT2D eigenvalue weighted by Gasteiger charge is 2.35. The molecule has 0 unspecified atom stereocenters. The van der Waals surface area contributed by atoms with E-state index in [9.17, 15) is 26.7 Å². The Hall–Kier alpha value is -2.14. The smallest absolute Gasteiger partial charge is 0.404 e. The lowest BCUT2D eigenvalue weighted by Crippen LogP contribution is -2.38. The minimum absolute atomic E-state index is 0.428. The van der Waals surface area contributed by atoms with Crippen LogP contribution in [0, 0.1) is 0 Å². The molecule has 3 aromatic rings. The van der Waals surface area contributed by atoms with Crippen molar-refractivity contribution in [3.8, 4) is 5.75 Å². The largest absolute Gasteiger partial charge is 0.573 e. The van der Waals surface area contributed by atoms with E-state index in [0.717, 1.165) is 22.2 Å². The van der Waals surface area contributed by atoms with Gasteiger partial charge in [0.2, 0.25) is 10.0 Å². The topological polar surface area (TPSA) is 75.6 Å². The molecule has 1 aromatic heterocycles. The molecule has 150 valence electrons. The lowest BCUT2D eigenvalue weighted by atomic mass is 10.1. The van der Waals surface area contributed by atoms with E-state index in [1.54, 1.807) is 6.07 Å². The zero-order chi connectivity index (χ0) is 20.6. The van der Waals surface area contributed by atoms with Crippen LogP contribution in [0.4, 0.5) is 13.2 Å². The predicted molar refractivity (Wildman–Crippen MR) is 99.7 cm³/mol. The van der Waals surface area contributed by atoms with Crippen LogP contribution >= 0.6 is 11.3 Å². The van der Waals surface area contributed by atoms with E-state index in [2.05, 4.69) is 9.46 Å². The van der Waals surface area contributed by atoms with Crippen LogP contribution in [0.25, 0.3) is 10.1 Å². The van der Waals surface area contributed by atoms with Gasteiger partial charge in [-0.3, -0.25) is 0 Å². The van der Waals surface area contributed by atoms with Gasteiger partial charge in [0.1, 0.15) is 16.2 Å². The number of halogens is 3. The van der Waals surface area contributed by atoms with Crippen molar-refractivity contribution < 1.29 is 31.4 Å². The molecule has 10 heteroatoms. The fourth-order valence-corrected chi connectivity index (χ4v) is 4.89. The van der Waals surface area contributed by atoms with Crippen molar-refractivity contribution in [3.05, 3.63) is 59.5 Å². The van der Waals surface area contributed by atoms with Crippen LogP contribution in [0.1, 0.15) is 11.8 Å². The molecule has 1 atom stereocenters. The summed E-state index contributed by atoms with van der Waals surface area (Å²) in [5, 5.41) is 11.6. The second kappa shape index (κ2) is 7.36.